The predicted octanol–water partition coefficient (Wildman–Crippen LogP) is 5.24. The van der Waals surface area contributed by atoms with Gasteiger partial charge >= 0.3 is 0 Å². The second-order valence-corrected chi connectivity index (χ2v) is 9.41. The summed E-state index contributed by atoms with van der Waals surface area (Å²) < 4.78 is 11.9. The van der Waals surface area contributed by atoms with Gasteiger partial charge in [0.25, 0.3) is 0 Å². The lowest BCUT2D eigenvalue weighted by atomic mass is 9.96. The molecule has 2 aromatic heterocycles. The van der Waals surface area contributed by atoms with Gasteiger partial charge < -0.3 is 24.7 Å². The summed E-state index contributed by atoms with van der Waals surface area (Å²) in [5.74, 6) is 1.60. The van der Waals surface area contributed by atoms with Crippen LogP contribution in [0.15, 0.2) is 71.8 Å². The second-order valence-electron chi connectivity index (χ2n) is 8.98. The third-order valence-electron chi connectivity index (χ3n) is 6.50. The number of ether oxygens (including phenoxy) is 2. The van der Waals surface area contributed by atoms with E-state index in [1.165, 1.54) is 0 Å². The molecule has 0 spiro atoms. The van der Waals surface area contributed by atoms with Gasteiger partial charge in [0.1, 0.15) is 11.5 Å². The third kappa shape index (κ3) is 4.67. The number of halogens is 1. The standard InChI is InChI=1S/C28H25ClN4O3/c29-21-10-18(15-30-17-21)16-31-22-4-5-26-20(12-22)11-19-2-1-3-24(28(19)36-26)25-13-23(14-27(34)32-25)33-6-8-35-9-7-33/h1-5,10,12-15,17,31H,6-9,11,16H2,(H,32,34). The van der Waals surface area contributed by atoms with Gasteiger partial charge in [-0.2, -0.15) is 0 Å². The molecule has 6 rings (SSSR count). The van der Waals surface area contributed by atoms with Gasteiger partial charge in [-0.15, -0.1) is 0 Å². The number of H-pyrrole nitrogens is 1. The Bertz CT molecular complexity index is 1480. The summed E-state index contributed by atoms with van der Waals surface area (Å²) in [5.41, 5.74) is 6.58. The minimum Gasteiger partial charge on any atom is -0.456 e. The number of rotatable bonds is 5. The van der Waals surface area contributed by atoms with Crippen LogP contribution in [0.2, 0.25) is 5.02 Å². The molecule has 182 valence electrons. The highest BCUT2D eigenvalue weighted by molar-refractivity contribution is 6.30. The molecule has 0 aliphatic carbocycles. The fourth-order valence-electron chi connectivity index (χ4n) is 4.73. The molecule has 2 aromatic carbocycles. The van der Waals surface area contributed by atoms with Gasteiger partial charge in [0.05, 0.1) is 23.9 Å². The van der Waals surface area contributed by atoms with E-state index in [1.54, 1.807) is 18.5 Å². The van der Waals surface area contributed by atoms with Gasteiger partial charge in [-0.05, 0) is 47.5 Å². The van der Waals surface area contributed by atoms with Crippen LogP contribution >= 0.6 is 11.6 Å². The van der Waals surface area contributed by atoms with Gasteiger partial charge in [0.2, 0.25) is 5.56 Å². The van der Waals surface area contributed by atoms with Crippen molar-refractivity contribution in [2.45, 2.75) is 13.0 Å². The molecule has 0 bridgehead atoms. The Morgan fingerprint density at radius 1 is 1.03 bits per heavy atom. The number of aromatic amines is 1. The third-order valence-corrected chi connectivity index (χ3v) is 6.71. The molecule has 0 radical (unpaired) electrons. The van der Waals surface area contributed by atoms with Crippen LogP contribution in [0.4, 0.5) is 11.4 Å². The maximum atomic E-state index is 12.5. The van der Waals surface area contributed by atoms with E-state index >= 15 is 0 Å². The molecule has 2 aliphatic heterocycles. The van der Waals surface area contributed by atoms with E-state index in [0.29, 0.717) is 24.8 Å². The van der Waals surface area contributed by atoms with Crippen LogP contribution in [0.5, 0.6) is 11.5 Å². The number of anilines is 2. The predicted molar refractivity (Wildman–Crippen MR) is 141 cm³/mol. The monoisotopic (exact) mass is 500 g/mol. The fourth-order valence-corrected chi connectivity index (χ4v) is 4.93. The highest BCUT2D eigenvalue weighted by Crippen LogP contribution is 2.43. The number of benzene rings is 2. The van der Waals surface area contributed by atoms with Gasteiger partial charge in [-0.3, -0.25) is 9.78 Å². The Balaban J connectivity index is 1.26. The van der Waals surface area contributed by atoms with E-state index in [9.17, 15) is 4.79 Å². The quantitative estimate of drug-likeness (QED) is 0.344. The summed E-state index contributed by atoms with van der Waals surface area (Å²) in [5, 5.41) is 4.06. The molecule has 7 nitrogen and oxygen atoms in total. The number of morpholine rings is 1. The molecule has 4 heterocycles. The first kappa shape index (κ1) is 22.6. The van der Waals surface area contributed by atoms with E-state index in [4.69, 9.17) is 21.1 Å². The molecule has 4 aromatic rings. The Labute approximate surface area is 213 Å². The largest absolute Gasteiger partial charge is 0.456 e. The van der Waals surface area contributed by atoms with Crippen molar-refractivity contribution in [2.75, 3.05) is 36.5 Å². The molecule has 0 atom stereocenters. The summed E-state index contributed by atoms with van der Waals surface area (Å²) >= 11 is 6.05. The number of hydrogen-bond acceptors (Lipinski definition) is 6. The van der Waals surface area contributed by atoms with E-state index in [0.717, 1.165) is 70.3 Å². The number of aromatic nitrogens is 2. The lowest BCUT2D eigenvalue weighted by Crippen LogP contribution is -2.36. The smallest absolute Gasteiger partial charge is 0.250 e. The molecule has 8 heteroatoms. The Kier molecular flexibility index (Phi) is 6.09. The fraction of sp³-hybridized carbons (Fsp3) is 0.214. The highest BCUT2D eigenvalue weighted by atomic mass is 35.5. The first-order valence-electron chi connectivity index (χ1n) is 12.0. The molecule has 0 amide bonds. The summed E-state index contributed by atoms with van der Waals surface area (Å²) in [7, 11) is 0. The van der Waals surface area contributed by atoms with Crippen LogP contribution in [0, 0.1) is 0 Å². The average Bonchev–Trinajstić information content (AvgIpc) is 2.90. The maximum Gasteiger partial charge on any atom is 0.250 e. The lowest BCUT2D eigenvalue weighted by Gasteiger charge is -2.29. The van der Waals surface area contributed by atoms with E-state index in [2.05, 4.69) is 32.3 Å². The van der Waals surface area contributed by atoms with E-state index < -0.39 is 0 Å². The number of pyridine rings is 2. The summed E-state index contributed by atoms with van der Waals surface area (Å²) in [6.07, 6.45) is 4.16. The number of para-hydroxylation sites is 1. The zero-order valence-electron chi connectivity index (χ0n) is 19.6. The molecule has 0 unspecified atom stereocenters. The SMILES string of the molecule is O=c1cc(N2CCOCC2)cc(-c2cccc3c2Oc2ccc(NCc4cncc(Cl)c4)cc2C3)[nH]1. The van der Waals surface area contributed by atoms with E-state index in [1.807, 2.05) is 36.4 Å². The first-order valence-corrected chi connectivity index (χ1v) is 12.3. The van der Waals surface area contributed by atoms with Crippen LogP contribution in [-0.4, -0.2) is 36.3 Å². The molecule has 36 heavy (non-hydrogen) atoms. The van der Waals surface area contributed by atoms with Gasteiger partial charge in [-0.25, -0.2) is 0 Å². The number of fused-ring (bicyclic) bond motifs is 2. The van der Waals surface area contributed by atoms with Crippen molar-refractivity contribution in [3.8, 4) is 22.8 Å². The minimum absolute atomic E-state index is 0.131. The zero-order chi connectivity index (χ0) is 24.5. The summed E-state index contributed by atoms with van der Waals surface area (Å²) in [6, 6.07) is 17.8. The summed E-state index contributed by atoms with van der Waals surface area (Å²) in [6.45, 7) is 3.49. The van der Waals surface area contributed by atoms with Crippen molar-refractivity contribution in [1.82, 2.24) is 9.97 Å². The minimum atomic E-state index is -0.131. The molecular weight excluding hydrogens is 476 g/mol. The Morgan fingerprint density at radius 3 is 2.78 bits per heavy atom. The molecular formula is C28H25ClN4O3. The zero-order valence-corrected chi connectivity index (χ0v) is 20.3. The maximum absolute atomic E-state index is 12.5. The van der Waals surface area contributed by atoms with Crippen molar-refractivity contribution in [2.24, 2.45) is 0 Å². The normalized spacial score (nSPS) is 14.5. The van der Waals surface area contributed by atoms with Crippen molar-refractivity contribution in [3.05, 3.63) is 99.1 Å². The number of nitrogens with one attached hydrogen (secondary N) is 2. The molecule has 2 N–H and O–H groups in total. The van der Waals surface area contributed by atoms with E-state index in [-0.39, 0.29) is 5.56 Å². The lowest BCUT2D eigenvalue weighted by molar-refractivity contribution is 0.122. The van der Waals surface area contributed by atoms with Gasteiger partial charge in [0, 0.05) is 67.0 Å². The van der Waals surface area contributed by atoms with Crippen LogP contribution in [0.3, 0.4) is 0 Å². The molecule has 1 saturated heterocycles. The molecule has 0 saturated carbocycles. The number of nitrogens with zero attached hydrogens (tertiary/aromatic N) is 2. The van der Waals surface area contributed by atoms with Crippen LogP contribution in [-0.2, 0) is 17.7 Å². The Morgan fingerprint density at radius 2 is 1.92 bits per heavy atom. The average molecular weight is 501 g/mol. The number of hydrogen-bond donors (Lipinski definition) is 2. The van der Waals surface area contributed by atoms with Crippen molar-refractivity contribution in [1.29, 1.82) is 0 Å². The highest BCUT2D eigenvalue weighted by Gasteiger charge is 2.22. The van der Waals surface area contributed by atoms with Crippen LogP contribution in [0.25, 0.3) is 11.3 Å². The van der Waals surface area contributed by atoms with Crippen molar-refractivity contribution in [3.63, 3.8) is 0 Å². The molecule has 2 aliphatic rings. The summed E-state index contributed by atoms with van der Waals surface area (Å²) in [4.78, 5) is 21.9. The van der Waals surface area contributed by atoms with Crippen LogP contribution in [0.1, 0.15) is 16.7 Å². The Hall–Kier alpha value is -3.81. The van der Waals surface area contributed by atoms with Crippen LogP contribution < -0.4 is 20.5 Å². The second kappa shape index (κ2) is 9.68. The van der Waals surface area contributed by atoms with Crippen molar-refractivity contribution >= 4 is 23.0 Å². The topological polar surface area (TPSA) is 79.5 Å². The van der Waals surface area contributed by atoms with Gasteiger partial charge in [-0.1, -0.05) is 23.7 Å². The molecule has 1 fully saturated rings. The first-order chi connectivity index (χ1) is 17.6. The van der Waals surface area contributed by atoms with Gasteiger partial charge in [0.15, 0.2) is 0 Å². The van der Waals surface area contributed by atoms with Crippen molar-refractivity contribution < 1.29 is 9.47 Å².